The van der Waals surface area contributed by atoms with Crippen molar-refractivity contribution >= 4 is 0 Å². The SMILES string of the molecule is CCCO[C@@]12CC[C@@H](O)[C@@H]3Oc4c(O)ccc(c4C31C)C[C@H]2N(C)CC1CC1. The fourth-order valence-corrected chi connectivity index (χ4v) is 6.38. The zero-order valence-corrected chi connectivity index (χ0v) is 17.3. The third kappa shape index (κ3) is 2.36. The minimum absolute atomic E-state index is 0.177. The van der Waals surface area contributed by atoms with Gasteiger partial charge in [-0.3, -0.25) is 4.90 Å². The van der Waals surface area contributed by atoms with Gasteiger partial charge in [0.15, 0.2) is 11.5 Å². The number of aromatic hydroxyl groups is 1. The van der Waals surface area contributed by atoms with Crippen molar-refractivity contribution in [1.29, 1.82) is 0 Å². The van der Waals surface area contributed by atoms with Gasteiger partial charge in [0, 0.05) is 24.8 Å². The van der Waals surface area contributed by atoms with Crippen LogP contribution in [0.3, 0.4) is 0 Å². The Bertz CT molecular complexity index is 774. The largest absolute Gasteiger partial charge is 0.504 e. The van der Waals surface area contributed by atoms with Gasteiger partial charge >= 0.3 is 0 Å². The van der Waals surface area contributed by atoms with Crippen molar-refractivity contribution in [1.82, 2.24) is 4.90 Å². The van der Waals surface area contributed by atoms with E-state index in [1.54, 1.807) is 6.07 Å². The highest BCUT2D eigenvalue weighted by atomic mass is 16.5. The van der Waals surface area contributed by atoms with Crippen LogP contribution in [0.15, 0.2) is 12.1 Å². The lowest BCUT2D eigenvalue weighted by Gasteiger charge is -2.60. The van der Waals surface area contributed by atoms with E-state index in [1.165, 1.54) is 18.4 Å². The molecule has 0 bridgehead atoms. The number of rotatable bonds is 6. The molecule has 154 valence electrons. The minimum Gasteiger partial charge on any atom is -0.504 e. The monoisotopic (exact) mass is 387 g/mol. The van der Waals surface area contributed by atoms with E-state index < -0.39 is 17.1 Å². The minimum atomic E-state index is -0.546. The van der Waals surface area contributed by atoms with Crippen LogP contribution in [-0.2, 0) is 16.6 Å². The van der Waals surface area contributed by atoms with Crippen LogP contribution in [0.5, 0.6) is 11.5 Å². The molecule has 0 radical (unpaired) electrons. The molecule has 5 heteroatoms. The van der Waals surface area contributed by atoms with Crippen molar-refractivity contribution in [3.63, 3.8) is 0 Å². The van der Waals surface area contributed by atoms with Crippen LogP contribution in [0.2, 0.25) is 0 Å². The molecule has 5 atom stereocenters. The first kappa shape index (κ1) is 18.7. The molecule has 0 spiro atoms. The van der Waals surface area contributed by atoms with Gasteiger partial charge in [-0.1, -0.05) is 13.0 Å². The van der Waals surface area contributed by atoms with E-state index in [0.717, 1.165) is 37.3 Å². The van der Waals surface area contributed by atoms with Gasteiger partial charge in [0.2, 0.25) is 0 Å². The average Bonchev–Trinajstić information content (AvgIpc) is 3.42. The second-order valence-corrected chi connectivity index (χ2v) is 9.64. The Morgan fingerprint density at radius 3 is 2.79 bits per heavy atom. The third-order valence-electron chi connectivity index (χ3n) is 7.89. The Morgan fingerprint density at radius 1 is 1.29 bits per heavy atom. The maximum Gasteiger partial charge on any atom is 0.165 e. The van der Waals surface area contributed by atoms with Crippen LogP contribution in [-0.4, -0.2) is 59.2 Å². The fourth-order valence-electron chi connectivity index (χ4n) is 6.38. The molecule has 4 aliphatic rings. The summed E-state index contributed by atoms with van der Waals surface area (Å²) in [5, 5.41) is 21.4. The number of likely N-dealkylation sites (N-methyl/N-ethyl adjacent to an activating group) is 1. The van der Waals surface area contributed by atoms with Gasteiger partial charge < -0.3 is 19.7 Å². The van der Waals surface area contributed by atoms with Crippen LogP contribution in [0.1, 0.15) is 57.1 Å². The fraction of sp³-hybridized carbons (Fsp3) is 0.739. The average molecular weight is 388 g/mol. The van der Waals surface area contributed by atoms with Gasteiger partial charge in [-0.15, -0.1) is 0 Å². The van der Waals surface area contributed by atoms with Crippen LogP contribution in [0, 0.1) is 5.92 Å². The number of ether oxygens (including phenoxy) is 2. The standard InChI is InChI=1S/C23H33NO4/c1-4-11-27-23-10-9-17(26)21-22(23,2)19-15(7-8-16(25)20(19)28-21)12-18(23)24(3)13-14-5-6-14/h7-8,14,17-18,21,25-26H,4-6,9-13H2,1-3H3/t17-,18-,21+,22?,23-/m1/s1. The number of hydrogen-bond acceptors (Lipinski definition) is 5. The Balaban J connectivity index is 1.68. The molecule has 1 aromatic carbocycles. The normalized spacial score (nSPS) is 38.4. The summed E-state index contributed by atoms with van der Waals surface area (Å²) in [6.07, 6.45) is 5.09. The van der Waals surface area contributed by atoms with E-state index in [-0.39, 0.29) is 17.9 Å². The van der Waals surface area contributed by atoms with Gasteiger partial charge in [-0.05, 0) is 70.0 Å². The van der Waals surface area contributed by atoms with Crippen molar-refractivity contribution in [2.24, 2.45) is 5.92 Å². The van der Waals surface area contributed by atoms with E-state index in [9.17, 15) is 10.2 Å². The lowest BCUT2D eigenvalue weighted by molar-refractivity contribution is -0.205. The molecule has 3 aliphatic carbocycles. The zero-order valence-electron chi connectivity index (χ0n) is 17.3. The van der Waals surface area contributed by atoms with Crippen molar-refractivity contribution in [2.75, 3.05) is 20.2 Å². The van der Waals surface area contributed by atoms with E-state index in [2.05, 4.69) is 25.8 Å². The number of phenols is 1. The van der Waals surface area contributed by atoms with Crippen LogP contribution < -0.4 is 4.74 Å². The molecule has 5 rings (SSSR count). The first-order valence-corrected chi connectivity index (χ1v) is 11.0. The van der Waals surface area contributed by atoms with Gasteiger partial charge in [0.1, 0.15) is 6.10 Å². The molecule has 0 saturated heterocycles. The van der Waals surface area contributed by atoms with Gasteiger partial charge in [-0.25, -0.2) is 0 Å². The number of aliphatic hydroxyl groups excluding tert-OH is 1. The number of phenolic OH excluding ortho intramolecular Hbond substituents is 1. The predicted octanol–water partition coefficient (Wildman–Crippen LogP) is 3.00. The predicted molar refractivity (Wildman–Crippen MR) is 107 cm³/mol. The third-order valence-corrected chi connectivity index (χ3v) is 7.89. The Labute approximate surface area is 167 Å². The Morgan fingerprint density at radius 2 is 2.07 bits per heavy atom. The van der Waals surface area contributed by atoms with Crippen molar-refractivity contribution < 1.29 is 19.7 Å². The summed E-state index contributed by atoms with van der Waals surface area (Å²) in [6, 6.07) is 4.04. The molecule has 1 heterocycles. The summed E-state index contributed by atoms with van der Waals surface area (Å²) in [7, 11) is 2.24. The molecule has 2 fully saturated rings. The smallest absolute Gasteiger partial charge is 0.165 e. The quantitative estimate of drug-likeness (QED) is 0.786. The first-order chi connectivity index (χ1) is 13.4. The second-order valence-electron chi connectivity index (χ2n) is 9.64. The number of nitrogens with zero attached hydrogens (tertiary/aromatic N) is 1. The highest BCUT2D eigenvalue weighted by Gasteiger charge is 2.70. The van der Waals surface area contributed by atoms with Gasteiger partial charge in [0.05, 0.1) is 17.1 Å². The summed E-state index contributed by atoms with van der Waals surface area (Å²) in [5.74, 6) is 1.55. The summed E-state index contributed by atoms with van der Waals surface area (Å²) in [5.41, 5.74) is 1.42. The molecule has 0 amide bonds. The van der Waals surface area contributed by atoms with Crippen molar-refractivity contribution in [3.8, 4) is 11.5 Å². The van der Waals surface area contributed by atoms with E-state index in [1.807, 2.05) is 6.07 Å². The summed E-state index contributed by atoms with van der Waals surface area (Å²) in [6.45, 7) is 6.17. The molecular weight excluding hydrogens is 354 g/mol. The first-order valence-electron chi connectivity index (χ1n) is 11.0. The summed E-state index contributed by atoms with van der Waals surface area (Å²) < 4.78 is 13.1. The lowest BCUT2D eigenvalue weighted by Crippen LogP contribution is -2.73. The molecule has 1 aromatic rings. The van der Waals surface area contributed by atoms with Crippen LogP contribution >= 0.6 is 0 Å². The van der Waals surface area contributed by atoms with Crippen LogP contribution in [0.25, 0.3) is 0 Å². The van der Waals surface area contributed by atoms with Crippen molar-refractivity contribution in [3.05, 3.63) is 23.3 Å². The summed E-state index contributed by atoms with van der Waals surface area (Å²) in [4.78, 5) is 2.52. The Hall–Kier alpha value is -1.30. The van der Waals surface area contributed by atoms with Gasteiger partial charge in [-0.2, -0.15) is 0 Å². The molecule has 0 aromatic heterocycles. The highest BCUT2D eigenvalue weighted by Crippen LogP contribution is 2.63. The molecular formula is C23H33NO4. The summed E-state index contributed by atoms with van der Waals surface area (Å²) >= 11 is 0. The topological polar surface area (TPSA) is 62.2 Å². The highest BCUT2D eigenvalue weighted by molar-refractivity contribution is 5.61. The number of benzene rings is 1. The molecule has 5 nitrogen and oxygen atoms in total. The maximum absolute atomic E-state index is 10.9. The lowest BCUT2D eigenvalue weighted by atomic mass is 9.52. The van der Waals surface area contributed by atoms with Crippen LogP contribution in [0.4, 0.5) is 0 Å². The molecule has 1 unspecified atom stereocenters. The molecule has 1 aliphatic heterocycles. The zero-order chi connectivity index (χ0) is 19.7. The van der Waals surface area contributed by atoms with Crippen molar-refractivity contribution in [2.45, 2.75) is 81.6 Å². The van der Waals surface area contributed by atoms with E-state index in [4.69, 9.17) is 9.47 Å². The molecule has 28 heavy (non-hydrogen) atoms. The molecule has 2 saturated carbocycles. The number of aliphatic hydroxyl groups is 1. The number of hydrogen-bond donors (Lipinski definition) is 2. The van der Waals surface area contributed by atoms with Gasteiger partial charge in [0.25, 0.3) is 0 Å². The van der Waals surface area contributed by atoms with E-state index in [0.29, 0.717) is 18.8 Å². The maximum atomic E-state index is 10.9. The van der Waals surface area contributed by atoms with E-state index >= 15 is 0 Å². The second kappa shape index (κ2) is 6.35. The molecule has 2 N–H and O–H groups in total. The Kier molecular flexibility index (Phi) is 4.24.